The van der Waals surface area contributed by atoms with E-state index in [0.717, 1.165) is 15.6 Å². The molecule has 6 rings (SSSR count). The highest BCUT2D eigenvalue weighted by atomic mass is 79.9. The van der Waals surface area contributed by atoms with Crippen molar-refractivity contribution in [1.82, 2.24) is 5.01 Å². The van der Waals surface area contributed by atoms with Crippen LogP contribution in [0.5, 0.6) is 0 Å². The van der Waals surface area contributed by atoms with Crippen molar-refractivity contribution < 1.29 is 14.4 Å². The van der Waals surface area contributed by atoms with E-state index in [9.17, 15) is 14.4 Å². The minimum absolute atomic E-state index is 0.261. The molecule has 4 unspecified atom stereocenters. The van der Waals surface area contributed by atoms with E-state index in [4.69, 9.17) is 11.6 Å². The third-order valence-electron chi connectivity index (χ3n) is 6.76. The van der Waals surface area contributed by atoms with E-state index in [0.29, 0.717) is 16.3 Å². The maximum Gasteiger partial charge on any atom is 0.240 e. The average Bonchev–Trinajstić information content (AvgIpc) is 3.31. The van der Waals surface area contributed by atoms with Gasteiger partial charge in [0.1, 0.15) is 6.04 Å². The second-order valence-electron chi connectivity index (χ2n) is 8.56. The number of amides is 2. The number of hydrazone groups is 1. The Morgan fingerprint density at radius 3 is 2.41 bits per heavy atom. The van der Waals surface area contributed by atoms with E-state index in [1.165, 1.54) is 4.90 Å². The van der Waals surface area contributed by atoms with E-state index in [1.807, 2.05) is 30.3 Å². The number of halogens is 2. The highest BCUT2D eigenvalue weighted by molar-refractivity contribution is 9.10. The lowest BCUT2D eigenvalue weighted by Gasteiger charge is -2.33. The Balaban J connectivity index is 1.50. The number of carbonyl (C=O) groups is 3. The maximum atomic E-state index is 13.8. The van der Waals surface area contributed by atoms with Crippen molar-refractivity contribution in [3.8, 4) is 0 Å². The van der Waals surface area contributed by atoms with Gasteiger partial charge < -0.3 is 0 Å². The molecule has 2 fully saturated rings. The van der Waals surface area contributed by atoms with Crippen molar-refractivity contribution in [3.05, 3.63) is 99.0 Å². The standard InChI is InChI=1S/C26H17BrClN3O3/c27-16-5-3-6-18(12-16)30-25(33)20-21(26(30)34)23(24(32)14-8-10-17(28)11-9-14)31-22(20)19-7-2-1-4-15(19)13-29-31/h1-13,20-23H. The number of hydrogen-bond donors (Lipinski definition) is 0. The fourth-order valence-electron chi connectivity index (χ4n) is 5.32. The SMILES string of the molecule is O=C(c1ccc(Cl)cc1)C1C2C(=O)N(c3cccc(Br)c3)C(=O)C2C2c3ccccc3C=NN12. The van der Waals surface area contributed by atoms with Crippen LogP contribution in [0.2, 0.25) is 5.02 Å². The second kappa shape index (κ2) is 7.89. The number of benzene rings is 3. The molecule has 0 radical (unpaired) electrons. The Labute approximate surface area is 208 Å². The van der Waals surface area contributed by atoms with E-state index in [1.54, 1.807) is 53.7 Å². The molecule has 0 spiro atoms. The fourth-order valence-corrected chi connectivity index (χ4v) is 5.84. The van der Waals surface area contributed by atoms with Crippen LogP contribution in [0, 0.1) is 11.8 Å². The smallest absolute Gasteiger partial charge is 0.240 e. The summed E-state index contributed by atoms with van der Waals surface area (Å²) in [7, 11) is 0. The number of hydrogen-bond acceptors (Lipinski definition) is 5. The molecule has 3 aromatic rings. The molecule has 2 amide bonds. The van der Waals surface area contributed by atoms with E-state index < -0.39 is 23.9 Å². The molecule has 0 bridgehead atoms. The molecule has 3 heterocycles. The molecule has 3 aliphatic heterocycles. The van der Waals surface area contributed by atoms with Gasteiger partial charge in [-0.15, -0.1) is 0 Å². The predicted octanol–water partition coefficient (Wildman–Crippen LogP) is 4.86. The monoisotopic (exact) mass is 533 g/mol. The lowest BCUT2D eigenvalue weighted by atomic mass is 9.83. The summed E-state index contributed by atoms with van der Waals surface area (Å²) in [4.78, 5) is 42.6. The number of carbonyl (C=O) groups excluding carboxylic acids is 3. The maximum absolute atomic E-state index is 13.8. The van der Waals surface area contributed by atoms with Gasteiger partial charge >= 0.3 is 0 Å². The topological polar surface area (TPSA) is 70.0 Å². The number of nitrogens with zero attached hydrogens (tertiary/aromatic N) is 3. The quantitative estimate of drug-likeness (QED) is 0.355. The van der Waals surface area contributed by atoms with Crippen LogP contribution in [0.3, 0.4) is 0 Å². The molecule has 6 nitrogen and oxygen atoms in total. The summed E-state index contributed by atoms with van der Waals surface area (Å²) < 4.78 is 0.755. The zero-order valence-electron chi connectivity index (χ0n) is 17.6. The van der Waals surface area contributed by atoms with Gasteiger partial charge in [0.25, 0.3) is 0 Å². The van der Waals surface area contributed by atoms with Gasteiger partial charge in [-0.3, -0.25) is 19.4 Å². The third-order valence-corrected chi connectivity index (χ3v) is 7.50. The summed E-state index contributed by atoms with van der Waals surface area (Å²) in [6.07, 6.45) is 1.69. The lowest BCUT2D eigenvalue weighted by molar-refractivity contribution is -0.124. The van der Waals surface area contributed by atoms with Crippen LogP contribution >= 0.6 is 27.5 Å². The van der Waals surface area contributed by atoms with Crippen LogP contribution in [-0.2, 0) is 9.59 Å². The Morgan fingerprint density at radius 1 is 0.912 bits per heavy atom. The summed E-state index contributed by atoms with van der Waals surface area (Å²) in [5.74, 6) is -2.55. The molecule has 0 saturated carbocycles. The first-order valence-corrected chi connectivity index (χ1v) is 12.0. The van der Waals surface area contributed by atoms with Crippen molar-refractivity contribution in [2.75, 3.05) is 4.90 Å². The fraction of sp³-hybridized carbons (Fsp3) is 0.154. The number of imide groups is 1. The van der Waals surface area contributed by atoms with E-state index in [2.05, 4.69) is 21.0 Å². The lowest BCUT2D eigenvalue weighted by Crippen LogP contribution is -2.44. The third kappa shape index (κ3) is 3.07. The number of fused-ring (bicyclic) bond motifs is 5. The van der Waals surface area contributed by atoms with Crippen LogP contribution in [0.1, 0.15) is 27.5 Å². The number of ketones is 1. The first-order chi connectivity index (χ1) is 16.5. The van der Waals surface area contributed by atoms with Gasteiger partial charge in [-0.25, -0.2) is 4.90 Å². The molecule has 0 aliphatic carbocycles. The predicted molar refractivity (Wildman–Crippen MR) is 132 cm³/mol. The molecule has 168 valence electrons. The molecule has 2 saturated heterocycles. The van der Waals surface area contributed by atoms with Gasteiger partial charge in [0.15, 0.2) is 5.78 Å². The van der Waals surface area contributed by atoms with Gasteiger partial charge in [0.2, 0.25) is 11.8 Å². The summed E-state index contributed by atoms with van der Waals surface area (Å²) >= 11 is 9.44. The van der Waals surface area contributed by atoms with E-state index >= 15 is 0 Å². The van der Waals surface area contributed by atoms with Gasteiger partial charge in [0.05, 0.1) is 29.8 Å². The van der Waals surface area contributed by atoms with Crippen molar-refractivity contribution in [1.29, 1.82) is 0 Å². The van der Waals surface area contributed by atoms with Crippen molar-refractivity contribution in [2.24, 2.45) is 16.9 Å². The highest BCUT2D eigenvalue weighted by Gasteiger charge is 2.65. The summed E-state index contributed by atoms with van der Waals surface area (Å²) in [5.41, 5.74) is 2.67. The molecule has 3 aliphatic rings. The molecule has 3 aromatic carbocycles. The Bertz CT molecular complexity index is 1390. The van der Waals surface area contributed by atoms with Crippen molar-refractivity contribution in [2.45, 2.75) is 12.1 Å². The molecule has 0 N–H and O–H groups in total. The number of anilines is 1. The number of rotatable bonds is 3. The molecule has 34 heavy (non-hydrogen) atoms. The first kappa shape index (κ1) is 21.3. The van der Waals surface area contributed by atoms with Crippen LogP contribution in [0.15, 0.2) is 82.4 Å². The molecule has 0 aromatic heterocycles. The van der Waals surface area contributed by atoms with E-state index in [-0.39, 0.29) is 17.6 Å². The van der Waals surface area contributed by atoms with Crippen LogP contribution in [0.25, 0.3) is 0 Å². The van der Waals surface area contributed by atoms with Crippen LogP contribution in [0.4, 0.5) is 5.69 Å². The largest absolute Gasteiger partial charge is 0.292 e. The minimum Gasteiger partial charge on any atom is -0.292 e. The Kier molecular flexibility index (Phi) is 4.93. The highest BCUT2D eigenvalue weighted by Crippen LogP contribution is 2.53. The van der Waals surface area contributed by atoms with Gasteiger partial charge in [-0.1, -0.05) is 57.9 Å². The molecule has 8 heteroatoms. The Hall–Kier alpha value is -3.29. The molecular weight excluding hydrogens is 518 g/mol. The van der Waals surface area contributed by atoms with Gasteiger partial charge in [-0.2, -0.15) is 5.10 Å². The normalized spacial score (nSPS) is 24.8. The summed E-state index contributed by atoms with van der Waals surface area (Å²) in [5, 5.41) is 6.74. The number of Topliss-reactive ketones (excluding diaryl/α,β-unsaturated/α-hetero) is 1. The minimum atomic E-state index is -0.908. The van der Waals surface area contributed by atoms with Crippen LogP contribution in [-0.4, -0.2) is 34.9 Å². The zero-order valence-corrected chi connectivity index (χ0v) is 20.0. The van der Waals surface area contributed by atoms with Gasteiger partial charge in [0, 0.05) is 15.1 Å². The molecular formula is C26H17BrClN3O3. The van der Waals surface area contributed by atoms with Crippen molar-refractivity contribution >= 4 is 57.0 Å². The van der Waals surface area contributed by atoms with Gasteiger partial charge in [-0.05, 0) is 53.6 Å². The summed E-state index contributed by atoms with van der Waals surface area (Å²) in [6, 6.07) is 19.9. The first-order valence-electron chi connectivity index (χ1n) is 10.8. The molecule has 4 atom stereocenters. The zero-order chi connectivity index (χ0) is 23.6. The van der Waals surface area contributed by atoms with Crippen LogP contribution < -0.4 is 4.90 Å². The Morgan fingerprint density at radius 2 is 1.65 bits per heavy atom. The van der Waals surface area contributed by atoms with Crippen molar-refractivity contribution in [3.63, 3.8) is 0 Å². The average molecular weight is 535 g/mol. The second-order valence-corrected chi connectivity index (χ2v) is 9.91. The summed E-state index contributed by atoms with van der Waals surface area (Å²) in [6.45, 7) is 0.